The average molecular weight is 104 g/mol. The van der Waals surface area contributed by atoms with E-state index in [0.717, 1.165) is 12.2 Å². The zero-order valence-electron chi connectivity index (χ0n) is 8.64. The molecule has 2 heteroatoms. The van der Waals surface area contributed by atoms with Crippen LogP contribution in [0, 0.1) is 0 Å². The van der Waals surface area contributed by atoms with Crippen LogP contribution in [0.25, 0.3) is 0 Å². The molecule has 0 aromatic heterocycles. The SMILES string of the molecule is [2H]C([2H])([2H])NC([2H])([2H])C=CC=O. The summed E-state index contributed by atoms with van der Waals surface area (Å²) >= 11 is 0. The predicted octanol–water partition coefficient (Wildman–Crippen LogP) is -0.0391. The second kappa shape index (κ2) is 5.37. The van der Waals surface area contributed by atoms with Gasteiger partial charge in [-0.2, -0.15) is 0 Å². The maximum absolute atomic E-state index is 9.80. The highest BCUT2D eigenvalue weighted by Gasteiger charge is 1.64. The molecule has 0 aliphatic rings. The Morgan fingerprint density at radius 3 is 3.57 bits per heavy atom. The summed E-state index contributed by atoms with van der Waals surface area (Å²) in [6.07, 6.45) is 2.12. The summed E-state index contributed by atoms with van der Waals surface area (Å²) in [5.74, 6) is 0. The molecule has 0 spiro atoms. The van der Waals surface area contributed by atoms with Gasteiger partial charge in [0, 0.05) is 13.4 Å². The molecule has 0 bridgehead atoms. The quantitative estimate of drug-likeness (QED) is 0.402. The molecule has 2 nitrogen and oxygen atoms in total. The van der Waals surface area contributed by atoms with Crippen LogP contribution in [0.15, 0.2) is 12.2 Å². The van der Waals surface area contributed by atoms with Gasteiger partial charge in [0.05, 0.1) is 0 Å². The molecule has 0 saturated heterocycles. The highest BCUT2D eigenvalue weighted by molar-refractivity contribution is 5.64. The van der Waals surface area contributed by atoms with Crippen LogP contribution < -0.4 is 5.32 Å². The Labute approximate surface area is 50.2 Å². The van der Waals surface area contributed by atoms with Gasteiger partial charge in [0.1, 0.15) is 6.29 Å². The molecule has 0 aliphatic carbocycles. The van der Waals surface area contributed by atoms with Crippen LogP contribution in [0.5, 0.6) is 0 Å². The molecule has 0 unspecified atom stereocenters. The average Bonchev–Trinajstić information content (AvgIpc) is 1.78. The number of rotatable bonds is 3. The third-order valence-corrected chi connectivity index (χ3v) is 0.330. The van der Waals surface area contributed by atoms with E-state index in [1.54, 1.807) is 5.32 Å². The van der Waals surface area contributed by atoms with Gasteiger partial charge in [0.15, 0.2) is 0 Å². The summed E-state index contributed by atoms with van der Waals surface area (Å²) in [6, 6.07) is 0. The molecule has 0 aromatic rings. The molecule has 0 saturated carbocycles. The number of carbonyl (C=O) groups is 1. The van der Waals surface area contributed by atoms with Crippen LogP contribution in [0.3, 0.4) is 0 Å². The Hall–Kier alpha value is -0.630. The molecule has 0 fully saturated rings. The van der Waals surface area contributed by atoms with Crippen LogP contribution in [0.2, 0.25) is 0 Å². The molecule has 40 valence electrons. The van der Waals surface area contributed by atoms with Gasteiger partial charge < -0.3 is 5.32 Å². The van der Waals surface area contributed by atoms with Crippen molar-refractivity contribution >= 4 is 6.29 Å². The Kier molecular flexibility index (Phi) is 1.31. The Morgan fingerprint density at radius 2 is 3.00 bits per heavy atom. The smallest absolute Gasteiger partial charge is 0.142 e. The Morgan fingerprint density at radius 1 is 2.14 bits per heavy atom. The van der Waals surface area contributed by atoms with Crippen molar-refractivity contribution in [1.29, 1.82) is 0 Å². The predicted molar refractivity (Wildman–Crippen MR) is 29.1 cm³/mol. The van der Waals surface area contributed by atoms with E-state index in [2.05, 4.69) is 0 Å². The standard InChI is InChI=1S/C5H9NO/c1-6-4-2-3-5-7/h2-3,5-6H,4H2,1H3/i1D3,4D2. The van der Waals surface area contributed by atoms with E-state index >= 15 is 0 Å². The lowest BCUT2D eigenvalue weighted by molar-refractivity contribution is -0.104. The van der Waals surface area contributed by atoms with Crippen LogP contribution >= 0.6 is 0 Å². The molecule has 0 atom stereocenters. The van der Waals surface area contributed by atoms with E-state index in [1.165, 1.54) is 0 Å². The van der Waals surface area contributed by atoms with Crippen LogP contribution in [-0.2, 0) is 4.79 Å². The summed E-state index contributed by atoms with van der Waals surface area (Å²) < 4.78 is 34.1. The summed E-state index contributed by atoms with van der Waals surface area (Å²) in [5, 5.41) is 1.72. The van der Waals surface area contributed by atoms with Crippen molar-refractivity contribution in [2.45, 2.75) is 0 Å². The zero-order chi connectivity index (χ0) is 9.83. The van der Waals surface area contributed by atoms with Crippen LogP contribution in [0.1, 0.15) is 6.85 Å². The van der Waals surface area contributed by atoms with Crippen molar-refractivity contribution in [3.8, 4) is 0 Å². The summed E-state index contributed by atoms with van der Waals surface area (Å²) in [6.45, 7) is -4.75. The maximum Gasteiger partial charge on any atom is 0.142 e. The van der Waals surface area contributed by atoms with Crippen molar-refractivity contribution < 1.29 is 11.6 Å². The van der Waals surface area contributed by atoms with Crippen molar-refractivity contribution in [3.63, 3.8) is 0 Å². The minimum atomic E-state index is -2.56. The normalized spacial score (nSPS) is 24.3. The fourth-order valence-electron chi connectivity index (χ4n) is 0.129. The van der Waals surface area contributed by atoms with E-state index in [0.29, 0.717) is 6.29 Å². The monoisotopic (exact) mass is 104 g/mol. The van der Waals surface area contributed by atoms with Gasteiger partial charge in [-0.3, -0.25) is 4.79 Å². The maximum atomic E-state index is 9.80. The molecule has 1 N–H and O–H groups in total. The van der Waals surface area contributed by atoms with E-state index in [1.807, 2.05) is 0 Å². The fraction of sp³-hybridized carbons (Fsp3) is 0.400. The van der Waals surface area contributed by atoms with Gasteiger partial charge in [-0.1, -0.05) is 6.08 Å². The van der Waals surface area contributed by atoms with E-state index in [4.69, 9.17) is 6.85 Å². The number of hydrogen-bond donors (Lipinski definition) is 1. The van der Waals surface area contributed by atoms with E-state index < -0.39 is 13.5 Å². The fourth-order valence-corrected chi connectivity index (χ4v) is 0.129. The Balaban J connectivity index is 4.22. The van der Waals surface area contributed by atoms with Gasteiger partial charge in [-0.15, -0.1) is 0 Å². The van der Waals surface area contributed by atoms with Crippen molar-refractivity contribution in [2.75, 3.05) is 13.5 Å². The number of allylic oxidation sites excluding steroid dienone is 1. The third kappa shape index (κ3) is 5.37. The van der Waals surface area contributed by atoms with Crippen LogP contribution in [-0.4, -0.2) is 19.8 Å². The van der Waals surface area contributed by atoms with Crippen molar-refractivity contribution in [2.24, 2.45) is 0 Å². The van der Waals surface area contributed by atoms with Gasteiger partial charge >= 0.3 is 0 Å². The molecule has 0 radical (unpaired) electrons. The summed E-state index contributed by atoms with van der Waals surface area (Å²) in [4.78, 5) is 9.80. The zero-order valence-corrected chi connectivity index (χ0v) is 3.64. The minimum absolute atomic E-state index is 0.374. The molecule has 0 rings (SSSR count). The first-order valence-electron chi connectivity index (χ1n) is 4.19. The number of hydrogen-bond acceptors (Lipinski definition) is 2. The van der Waals surface area contributed by atoms with Crippen LogP contribution in [0.4, 0.5) is 0 Å². The number of nitrogens with one attached hydrogen (secondary N) is 1. The number of aldehydes is 1. The molecular weight excluding hydrogens is 90.1 g/mol. The molecule has 0 aromatic carbocycles. The van der Waals surface area contributed by atoms with Gasteiger partial charge in [0.25, 0.3) is 0 Å². The lowest BCUT2D eigenvalue weighted by Gasteiger charge is -1.81. The first kappa shape index (κ1) is 1.71. The minimum Gasteiger partial charge on any atom is -0.316 e. The second-order valence-electron chi connectivity index (χ2n) is 0.765. The largest absolute Gasteiger partial charge is 0.316 e. The first-order chi connectivity index (χ1) is 5.27. The van der Waals surface area contributed by atoms with Crippen molar-refractivity contribution in [1.82, 2.24) is 5.32 Å². The lowest BCUT2D eigenvalue weighted by atomic mass is 10.5. The lowest BCUT2D eigenvalue weighted by Crippen LogP contribution is -2.03. The Bertz CT molecular complexity index is 185. The van der Waals surface area contributed by atoms with Gasteiger partial charge in [0.2, 0.25) is 0 Å². The molecule has 7 heavy (non-hydrogen) atoms. The third-order valence-electron chi connectivity index (χ3n) is 0.330. The highest BCUT2D eigenvalue weighted by Crippen LogP contribution is 1.60. The molecule has 0 heterocycles. The summed E-state index contributed by atoms with van der Waals surface area (Å²) in [5.41, 5.74) is 0. The first-order valence-corrected chi connectivity index (χ1v) is 1.69. The van der Waals surface area contributed by atoms with Crippen molar-refractivity contribution in [3.05, 3.63) is 12.2 Å². The second-order valence-corrected chi connectivity index (χ2v) is 0.765. The topological polar surface area (TPSA) is 29.1 Å². The molecule has 0 amide bonds. The van der Waals surface area contributed by atoms with E-state index in [9.17, 15) is 4.79 Å². The van der Waals surface area contributed by atoms with E-state index in [-0.39, 0.29) is 0 Å². The summed E-state index contributed by atoms with van der Waals surface area (Å²) in [7, 11) is 0. The molecule has 0 aliphatic heterocycles. The van der Waals surface area contributed by atoms with Gasteiger partial charge in [-0.05, 0) is 13.1 Å². The highest BCUT2D eigenvalue weighted by atomic mass is 16.1. The number of likely N-dealkylation sites (N-methyl/N-ethyl adjacent to an activating group) is 1. The molecular formula is C5H9NO. The number of carbonyl (C=O) groups excluding carboxylic acids is 1. The van der Waals surface area contributed by atoms with Gasteiger partial charge in [-0.25, -0.2) is 0 Å².